The Balaban J connectivity index is 1.51. The summed E-state index contributed by atoms with van der Waals surface area (Å²) in [6.07, 6.45) is 3.41. The molecule has 3 aromatic rings. The van der Waals surface area contributed by atoms with Crippen molar-refractivity contribution in [1.29, 1.82) is 0 Å². The SMILES string of the molecule is O=C(NCCCc1ccccc1)c1cn(-c2ccc(Cl)cc2)nn1. The van der Waals surface area contributed by atoms with E-state index in [-0.39, 0.29) is 5.91 Å². The maximum absolute atomic E-state index is 12.1. The van der Waals surface area contributed by atoms with E-state index in [1.807, 2.05) is 30.3 Å². The second kappa shape index (κ2) is 7.75. The fourth-order valence-corrected chi connectivity index (χ4v) is 2.44. The van der Waals surface area contributed by atoms with Gasteiger partial charge in [-0.05, 0) is 42.7 Å². The number of halogens is 1. The first-order valence-electron chi connectivity index (χ1n) is 7.73. The molecule has 1 N–H and O–H groups in total. The Kier molecular flexibility index (Phi) is 5.23. The number of amides is 1. The van der Waals surface area contributed by atoms with Gasteiger partial charge in [-0.2, -0.15) is 0 Å². The number of benzene rings is 2. The number of aryl methyl sites for hydroxylation is 1. The molecule has 0 fully saturated rings. The lowest BCUT2D eigenvalue weighted by atomic mass is 10.1. The molecule has 0 spiro atoms. The summed E-state index contributed by atoms with van der Waals surface area (Å²) in [6.45, 7) is 0.599. The Labute approximate surface area is 145 Å². The maximum atomic E-state index is 12.1. The van der Waals surface area contributed by atoms with Gasteiger partial charge in [0.25, 0.3) is 5.91 Å². The van der Waals surface area contributed by atoms with E-state index in [4.69, 9.17) is 11.6 Å². The molecule has 0 saturated carbocycles. The zero-order chi connectivity index (χ0) is 16.8. The van der Waals surface area contributed by atoms with Gasteiger partial charge in [-0.1, -0.05) is 47.1 Å². The number of carbonyl (C=O) groups excluding carboxylic acids is 1. The van der Waals surface area contributed by atoms with Crippen molar-refractivity contribution in [3.63, 3.8) is 0 Å². The monoisotopic (exact) mass is 340 g/mol. The lowest BCUT2D eigenvalue weighted by Gasteiger charge is -2.03. The van der Waals surface area contributed by atoms with Crippen LogP contribution in [-0.4, -0.2) is 27.4 Å². The van der Waals surface area contributed by atoms with E-state index in [9.17, 15) is 4.79 Å². The molecule has 1 aromatic heterocycles. The van der Waals surface area contributed by atoms with Crippen molar-refractivity contribution in [2.75, 3.05) is 6.54 Å². The molecule has 0 aliphatic carbocycles. The highest BCUT2D eigenvalue weighted by Gasteiger charge is 2.10. The van der Waals surface area contributed by atoms with Gasteiger partial charge in [-0.3, -0.25) is 4.79 Å². The van der Waals surface area contributed by atoms with Crippen molar-refractivity contribution < 1.29 is 4.79 Å². The highest BCUT2D eigenvalue weighted by molar-refractivity contribution is 6.30. The molecule has 6 heteroatoms. The fraction of sp³-hybridized carbons (Fsp3) is 0.167. The van der Waals surface area contributed by atoms with Gasteiger partial charge in [0.1, 0.15) is 0 Å². The minimum absolute atomic E-state index is 0.219. The van der Waals surface area contributed by atoms with Crippen LogP contribution in [0.3, 0.4) is 0 Å². The Morgan fingerprint density at radius 3 is 2.58 bits per heavy atom. The van der Waals surface area contributed by atoms with Crippen LogP contribution in [0.5, 0.6) is 0 Å². The average Bonchev–Trinajstić information content (AvgIpc) is 3.10. The van der Waals surface area contributed by atoms with E-state index in [1.54, 1.807) is 23.0 Å². The maximum Gasteiger partial charge on any atom is 0.273 e. The minimum Gasteiger partial charge on any atom is -0.351 e. The van der Waals surface area contributed by atoms with Gasteiger partial charge in [-0.25, -0.2) is 4.68 Å². The van der Waals surface area contributed by atoms with Gasteiger partial charge in [-0.15, -0.1) is 5.10 Å². The molecule has 2 aromatic carbocycles. The molecule has 0 unspecified atom stereocenters. The van der Waals surface area contributed by atoms with E-state index in [0.717, 1.165) is 18.5 Å². The molecule has 5 nitrogen and oxygen atoms in total. The molecule has 0 aliphatic rings. The summed E-state index contributed by atoms with van der Waals surface area (Å²) in [5.41, 5.74) is 2.36. The summed E-state index contributed by atoms with van der Waals surface area (Å²) in [5.74, 6) is -0.219. The summed E-state index contributed by atoms with van der Waals surface area (Å²) >= 11 is 5.86. The van der Waals surface area contributed by atoms with Gasteiger partial charge < -0.3 is 5.32 Å². The summed E-state index contributed by atoms with van der Waals surface area (Å²) in [5, 5.41) is 11.4. The molecule has 0 saturated heterocycles. The van der Waals surface area contributed by atoms with Crippen LogP contribution >= 0.6 is 11.6 Å². The van der Waals surface area contributed by atoms with Gasteiger partial charge in [0.05, 0.1) is 11.9 Å². The number of nitrogens with one attached hydrogen (secondary N) is 1. The van der Waals surface area contributed by atoms with Crippen LogP contribution in [0.1, 0.15) is 22.5 Å². The second-order valence-corrected chi connectivity index (χ2v) is 5.81. The van der Waals surface area contributed by atoms with Crippen molar-refractivity contribution in [1.82, 2.24) is 20.3 Å². The number of hydrogen-bond donors (Lipinski definition) is 1. The molecule has 1 amide bonds. The lowest BCUT2D eigenvalue weighted by molar-refractivity contribution is 0.0948. The van der Waals surface area contributed by atoms with Gasteiger partial charge in [0, 0.05) is 11.6 Å². The zero-order valence-corrected chi connectivity index (χ0v) is 13.8. The molecular weight excluding hydrogens is 324 g/mol. The van der Waals surface area contributed by atoms with Crippen LogP contribution in [0, 0.1) is 0 Å². The molecule has 1 heterocycles. The van der Waals surface area contributed by atoms with Gasteiger partial charge in [0.2, 0.25) is 0 Å². The van der Waals surface area contributed by atoms with E-state index in [0.29, 0.717) is 17.3 Å². The van der Waals surface area contributed by atoms with Crippen LogP contribution in [0.2, 0.25) is 5.02 Å². The third kappa shape index (κ3) is 4.20. The van der Waals surface area contributed by atoms with E-state index in [1.165, 1.54) is 5.56 Å². The van der Waals surface area contributed by atoms with Gasteiger partial charge >= 0.3 is 0 Å². The lowest BCUT2D eigenvalue weighted by Crippen LogP contribution is -2.25. The Bertz CT molecular complexity index is 799. The largest absolute Gasteiger partial charge is 0.351 e. The Morgan fingerprint density at radius 2 is 1.83 bits per heavy atom. The average molecular weight is 341 g/mol. The van der Waals surface area contributed by atoms with E-state index in [2.05, 4.69) is 27.8 Å². The normalized spacial score (nSPS) is 10.5. The zero-order valence-electron chi connectivity index (χ0n) is 13.0. The third-order valence-electron chi connectivity index (χ3n) is 3.59. The number of aromatic nitrogens is 3. The topological polar surface area (TPSA) is 59.8 Å². The summed E-state index contributed by atoms with van der Waals surface area (Å²) in [7, 11) is 0. The first-order valence-corrected chi connectivity index (χ1v) is 8.10. The Morgan fingerprint density at radius 1 is 1.08 bits per heavy atom. The smallest absolute Gasteiger partial charge is 0.273 e. The van der Waals surface area contributed by atoms with Crippen LogP contribution in [0.4, 0.5) is 0 Å². The Hall–Kier alpha value is -2.66. The number of rotatable bonds is 6. The van der Waals surface area contributed by atoms with Crippen molar-refractivity contribution in [2.24, 2.45) is 0 Å². The van der Waals surface area contributed by atoms with E-state index >= 15 is 0 Å². The van der Waals surface area contributed by atoms with Crippen molar-refractivity contribution in [3.05, 3.63) is 77.1 Å². The second-order valence-electron chi connectivity index (χ2n) is 5.37. The van der Waals surface area contributed by atoms with Crippen LogP contribution < -0.4 is 5.32 Å². The van der Waals surface area contributed by atoms with Crippen molar-refractivity contribution in [3.8, 4) is 5.69 Å². The molecule has 0 radical (unpaired) electrons. The third-order valence-corrected chi connectivity index (χ3v) is 3.84. The fourth-order valence-electron chi connectivity index (χ4n) is 2.32. The quantitative estimate of drug-likeness (QED) is 0.700. The molecule has 0 atom stereocenters. The standard InChI is InChI=1S/C18H17ClN4O/c19-15-8-10-16(11-9-15)23-13-17(21-22-23)18(24)20-12-4-7-14-5-2-1-3-6-14/h1-3,5-6,8-11,13H,4,7,12H2,(H,20,24). The van der Waals surface area contributed by atoms with Crippen LogP contribution in [0.25, 0.3) is 5.69 Å². The highest BCUT2D eigenvalue weighted by Crippen LogP contribution is 2.12. The van der Waals surface area contributed by atoms with Crippen molar-refractivity contribution in [2.45, 2.75) is 12.8 Å². The molecule has 122 valence electrons. The molecule has 0 aliphatic heterocycles. The van der Waals surface area contributed by atoms with Crippen LogP contribution in [-0.2, 0) is 6.42 Å². The predicted molar refractivity (Wildman–Crippen MR) is 93.5 cm³/mol. The first kappa shape index (κ1) is 16.2. The number of carbonyl (C=O) groups is 1. The van der Waals surface area contributed by atoms with Crippen molar-refractivity contribution >= 4 is 17.5 Å². The summed E-state index contributed by atoms with van der Waals surface area (Å²) in [6, 6.07) is 17.4. The number of nitrogens with zero attached hydrogens (tertiary/aromatic N) is 3. The first-order chi connectivity index (χ1) is 11.7. The number of hydrogen-bond acceptors (Lipinski definition) is 3. The summed E-state index contributed by atoms with van der Waals surface area (Å²) < 4.78 is 1.55. The molecule has 0 bridgehead atoms. The summed E-state index contributed by atoms with van der Waals surface area (Å²) in [4.78, 5) is 12.1. The van der Waals surface area contributed by atoms with Crippen LogP contribution in [0.15, 0.2) is 60.8 Å². The molecular formula is C18H17ClN4O. The molecule has 3 rings (SSSR count). The minimum atomic E-state index is -0.219. The van der Waals surface area contributed by atoms with Gasteiger partial charge in [0.15, 0.2) is 5.69 Å². The highest BCUT2D eigenvalue weighted by atomic mass is 35.5. The predicted octanol–water partition coefficient (Wildman–Crippen LogP) is 3.28. The van der Waals surface area contributed by atoms with E-state index < -0.39 is 0 Å². The molecule has 24 heavy (non-hydrogen) atoms.